The fourth-order valence-electron chi connectivity index (χ4n) is 2.39. The van der Waals surface area contributed by atoms with Gasteiger partial charge >= 0.3 is 5.97 Å². The smallest absolute Gasteiger partial charge is 0.317 e. The van der Waals surface area contributed by atoms with E-state index in [1.165, 1.54) is 9.75 Å². The number of aliphatic carboxylic acids is 1. The quantitative estimate of drug-likeness (QED) is 0.659. The highest BCUT2D eigenvalue weighted by molar-refractivity contribution is 7.18. The van der Waals surface area contributed by atoms with Gasteiger partial charge in [0.1, 0.15) is 0 Å². The molecule has 0 aliphatic heterocycles. The minimum atomic E-state index is -0.848. The van der Waals surface area contributed by atoms with Crippen molar-refractivity contribution in [2.24, 2.45) is 0 Å². The molecule has 0 aliphatic rings. The summed E-state index contributed by atoms with van der Waals surface area (Å²) in [6.07, 6.45) is 0. The standard InChI is InChI=1S/C19H16ClNO2S/c20-16-3-1-2-15(10-16)18-9-8-17(24-18)14-6-4-13(5-7-14)11-21-12-19(22)23/h1-10,21H,11-12H2,(H,22,23). The van der Waals surface area contributed by atoms with Gasteiger partial charge in [0.2, 0.25) is 0 Å². The predicted molar refractivity (Wildman–Crippen MR) is 99.5 cm³/mol. The van der Waals surface area contributed by atoms with Crippen molar-refractivity contribution in [3.63, 3.8) is 0 Å². The predicted octanol–water partition coefficient (Wildman–Crippen LogP) is 4.91. The zero-order chi connectivity index (χ0) is 16.9. The third kappa shape index (κ3) is 4.23. The van der Waals surface area contributed by atoms with Gasteiger partial charge in [-0.25, -0.2) is 0 Å². The second-order valence-electron chi connectivity index (χ2n) is 5.37. The number of nitrogens with one attached hydrogen (secondary N) is 1. The Hall–Kier alpha value is -2.14. The van der Waals surface area contributed by atoms with Crippen LogP contribution in [0, 0.1) is 0 Å². The summed E-state index contributed by atoms with van der Waals surface area (Å²) in [4.78, 5) is 12.9. The van der Waals surface area contributed by atoms with Crippen molar-refractivity contribution in [3.05, 3.63) is 71.2 Å². The number of carbonyl (C=O) groups is 1. The van der Waals surface area contributed by atoms with Gasteiger partial charge in [0.05, 0.1) is 6.54 Å². The summed E-state index contributed by atoms with van der Waals surface area (Å²) < 4.78 is 0. The summed E-state index contributed by atoms with van der Waals surface area (Å²) in [5.74, 6) is -0.848. The second kappa shape index (κ2) is 7.62. The maximum Gasteiger partial charge on any atom is 0.317 e. The maximum atomic E-state index is 10.5. The van der Waals surface area contributed by atoms with Crippen LogP contribution in [0.3, 0.4) is 0 Å². The zero-order valence-corrected chi connectivity index (χ0v) is 14.4. The second-order valence-corrected chi connectivity index (χ2v) is 6.89. The van der Waals surface area contributed by atoms with Crippen molar-refractivity contribution in [3.8, 4) is 20.9 Å². The summed E-state index contributed by atoms with van der Waals surface area (Å²) in [5, 5.41) is 12.2. The molecule has 1 aromatic heterocycles. The fraction of sp³-hybridized carbons (Fsp3) is 0.105. The Morgan fingerprint density at radius 2 is 1.71 bits per heavy atom. The van der Waals surface area contributed by atoms with E-state index in [2.05, 4.69) is 35.6 Å². The van der Waals surface area contributed by atoms with Crippen LogP contribution in [-0.2, 0) is 11.3 Å². The van der Waals surface area contributed by atoms with Gasteiger partial charge in [-0.3, -0.25) is 4.79 Å². The van der Waals surface area contributed by atoms with Gasteiger partial charge in [0, 0.05) is 21.3 Å². The number of thiophene rings is 1. The summed E-state index contributed by atoms with van der Waals surface area (Å²) >= 11 is 7.78. The Bertz CT molecular complexity index is 843. The lowest BCUT2D eigenvalue weighted by Gasteiger charge is -2.04. The molecule has 3 nitrogen and oxygen atoms in total. The summed E-state index contributed by atoms with van der Waals surface area (Å²) in [6.45, 7) is 0.514. The van der Waals surface area contributed by atoms with Crippen LogP contribution in [0.25, 0.3) is 20.9 Å². The van der Waals surface area contributed by atoms with E-state index in [4.69, 9.17) is 16.7 Å². The Morgan fingerprint density at radius 3 is 2.38 bits per heavy atom. The molecule has 0 amide bonds. The summed E-state index contributed by atoms with van der Waals surface area (Å²) in [6, 6.07) is 20.2. The minimum absolute atomic E-state index is 0.0321. The third-order valence-corrected chi connectivity index (χ3v) is 4.98. The lowest BCUT2D eigenvalue weighted by molar-refractivity contribution is -0.135. The Morgan fingerprint density at radius 1 is 1.00 bits per heavy atom. The molecule has 0 atom stereocenters. The SMILES string of the molecule is O=C(O)CNCc1ccc(-c2ccc(-c3cccc(Cl)c3)s2)cc1. The summed E-state index contributed by atoms with van der Waals surface area (Å²) in [7, 11) is 0. The number of hydrogen-bond acceptors (Lipinski definition) is 3. The first-order valence-electron chi connectivity index (χ1n) is 7.49. The van der Waals surface area contributed by atoms with Crippen LogP contribution in [0.2, 0.25) is 5.02 Å². The van der Waals surface area contributed by atoms with Gasteiger partial charge < -0.3 is 10.4 Å². The molecule has 3 rings (SSSR count). The van der Waals surface area contributed by atoms with Gasteiger partial charge in [-0.1, -0.05) is 48.0 Å². The Labute approximate surface area is 149 Å². The highest BCUT2D eigenvalue weighted by Crippen LogP contribution is 2.35. The van der Waals surface area contributed by atoms with Crippen LogP contribution in [0.15, 0.2) is 60.7 Å². The monoisotopic (exact) mass is 357 g/mol. The first kappa shape index (κ1) is 16.7. The molecule has 1 heterocycles. The van der Waals surface area contributed by atoms with Crippen molar-refractivity contribution < 1.29 is 9.90 Å². The number of carboxylic acid groups (broad SMARTS) is 1. The van der Waals surface area contributed by atoms with Crippen molar-refractivity contribution in [2.45, 2.75) is 6.54 Å². The van der Waals surface area contributed by atoms with Gasteiger partial charge in [0.25, 0.3) is 0 Å². The fourth-order valence-corrected chi connectivity index (χ4v) is 3.59. The van der Waals surface area contributed by atoms with Crippen molar-refractivity contribution in [2.75, 3.05) is 6.54 Å². The lowest BCUT2D eigenvalue weighted by Crippen LogP contribution is -2.21. The maximum absolute atomic E-state index is 10.5. The van der Waals surface area contributed by atoms with E-state index in [0.29, 0.717) is 6.54 Å². The zero-order valence-electron chi connectivity index (χ0n) is 12.8. The largest absolute Gasteiger partial charge is 0.480 e. The molecule has 0 spiro atoms. The van der Waals surface area contributed by atoms with Crippen LogP contribution in [-0.4, -0.2) is 17.6 Å². The van der Waals surface area contributed by atoms with Crippen molar-refractivity contribution in [1.29, 1.82) is 0 Å². The van der Waals surface area contributed by atoms with E-state index in [9.17, 15) is 4.79 Å². The first-order chi connectivity index (χ1) is 11.6. The van der Waals surface area contributed by atoms with Gasteiger partial charge in [-0.15, -0.1) is 11.3 Å². The molecule has 3 aromatic rings. The molecule has 0 aliphatic carbocycles. The van der Waals surface area contributed by atoms with Crippen LogP contribution < -0.4 is 5.32 Å². The molecular weight excluding hydrogens is 342 g/mol. The lowest BCUT2D eigenvalue weighted by atomic mass is 10.1. The number of rotatable bonds is 6. The molecule has 5 heteroatoms. The molecular formula is C19H16ClNO2S. The van der Waals surface area contributed by atoms with Crippen LogP contribution in [0.1, 0.15) is 5.56 Å². The van der Waals surface area contributed by atoms with Crippen LogP contribution in [0.4, 0.5) is 0 Å². The molecule has 122 valence electrons. The molecule has 0 radical (unpaired) electrons. The number of halogens is 1. The topological polar surface area (TPSA) is 49.3 Å². The number of carboxylic acids is 1. The molecule has 0 saturated carbocycles. The molecule has 0 bridgehead atoms. The van der Waals surface area contributed by atoms with E-state index in [0.717, 1.165) is 21.7 Å². The Balaban J connectivity index is 1.72. The van der Waals surface area contributed by atoms with Gasteiger partial charge in [-0.2, -0.15) is 0 Å². The molecule has 2 N–H and O–H groups in total. The highest BCUT2D eigenvalue weighted by Gasteiger charge is 2.06. The van der Waals surface area contributed by atoms with Crippen LogP contribution >= 0.6 is 22.9 Å². The highest BCUT2D eigenvalue weighted by atomic mass is 35.5. The van der Waals surface area contributed by atoms with E-state index < -0.39 is 5.97 Å². The molecule has 2 aromatic carbocycles. The average Bonchev–Trinajstić information content (AvgIpc) is 3.05. The molecule has 0 unspecified atom stereocenters. The molecule has 24 heavy (non-hydrogen) atoms. The third-order valence-electron chi connectivity index (χ3n) is 3.56. The van der Waals surface area contributed by atoms with E-state index in [1.807, 2.05) is 30.3 Å². The molecule has 0 fully saturated rings. The average molecular weight is 358 g/mol. The minimum Gasteiger partial charge on any atom is -0.480 e. The van der Waals surface area contributed by atoms with Gasteiger partial charge in [-0.05, 0) is 41.0 Å². The van der Waals surface area contributed by atoms with Crippen LogP contribution in [0.5, 0.6) is 0 Å². The first-order valence-corrected chi connectivity index (χ1v) is 8.69. The van der Waals surface area contributed by atoms with E-state index in [1.54, 1.807) is 11.3 Å². The van der Waals surface area contributed by atoms with Crippen molar-refractivity contribution in [1.82, 2.24) is 5.32 Å². The number of hydrogen-bond donors (Lipinski definition) is 2. The van der Waals surface area contributed by atoms with E-state index >= 15 is 0 Å². The summed E-state index contributed by atoms with van der Waals surface area (Å²) in [5.41, 5.74) is 3.33. The van der Waals surface area contributed by atoms with Crippen molar-refractivity contribution >= 4 is 28.9 Å². The molecule has 0 saturated heterocycles. The van der Waals surface area contributed by atoms with Gasteiger partial charge in [0.15, 0.2) is 0 Å². The Kier molecular flexibility index (Phi) is 5.30. The normalized spacial score (nSPS) is 10.7. The number of benzene rings is 2. The van der Waals surface area contributed by atoms with E-state index in [-0.39, 0.29) is 6.54 Å².